The fraction of sp³-hybridized carbons (Fsp3) is 0.139. The first-order chi connectivity index (χ1) is 20.3. The van der Waals surface area contributed by atoms with Gasteiger partial charge in [-0.2, -0.15) is 0 Å². The predicted molar refractivity (Wildman–Crippen MR) is 179 cm³/mol. The molecule has 4 aromatic carbocycles. The monoisotopic (exact) mass is 554 g/mol. The molecule has 6 nitrogen and oxygen atoms in total. The number of anilines is 4. The summed E-state index contributed by atoms with van der Waals surface area (Å²) in [7, 11) is 1.92. The second-order valence-electron chi connectivity index (χ2n) is 10.7. The maximum Gasteiger partial charge on any atom is 0.0713 e. The van der Waals surface area contributed by atoms with E-state index in [1.165, 1.54) is 0 Å². The van der Waals surface area contributed by atoms with E-state index < -0.39 is 0 Å². The van der Waals surface area contributed by atoms with Crippen molar-refractivity contribution >= 4 is 28.4 Å². The molecule has 1 heterocycles. The summed E-state index contributed by atoms with van der Waals surface area (Å²) in [4.78, 5) is 5.15. The zero-order chi connectivity index (χ0) is 29.6. The van der Waals surface area contributed by atoms with Gasteiger partial charge in [0.05, 0.1) is 17.4 Å². The highest BCUT2D eigenvalue weighted by molar-refractivity contribution is 5.75. The highest BCUT2D eigenvalue weighted by Crippen LogP contribution is 2.32. The van der Waals surface area contributed by atoms with Crippen molar-refractivity contribution in [2.24, 2.45) is 0 Å². The second-order valence-corrected chi connectivity index (χ2v) is 10.7. The lowest BCUT2D eigenvalue weighted by molar-refractivity contribution is 0.676. The van der Waals surface area contributed by atoms with Crippen LogP contribution in [0.2, 0.25) is 0 Å². The van der Waals surface area contributed by atoms with E-state index in [0.29, 0.717) is 5.69 Å². The van der Waals surface area contributed by atoms with E-state index in [2.05, 4.69) is 73.0 Å². The third-order valence-corrected chi connectivity index (χ3v) is 7.38. The van der Waals surface area contributed by atoms with Gasteiger partial charge < -0.3 is 27.8 Å². The Balaban J connectivity index is 1.58. The van der Waals surface area contributed by atoms with Crippen LogP contribution in [0, 0.1) is 0 Å². The minimum Gasteiger partial charge on any atom is -0.399 e. The topological polar surface area (TPSA) is 115 Å². The summed E-state index contributed by atoms with van der Waals surface area (Å²) in [6, 6.07) is 36.3. The smallest absolute Gasteiger partial charge is 0.0713 e. The Morgan fingerprint density at radius 2 is 1.36 bits per heavy atom. The van der Waals surface area contributed by atoms with Crippen molar-refractivity contribution in [2.45, 2.75) is 25.8 Å². The van der Waals surface area contributed by atoms with Gasteiger partial charge in [-0.05, 0) is 89.8 Å². The first-order valence-corrected chi connectivity index (χ1v) is 14.1. The van der Waals surface area contributed by atoms with E-state index in [1.54, 1.807) is 0 Å². The third-order valence-electron chi connectivity index (χ3n) is 7.38. The van der Waals surface area contributed by atoms with Gasteiger partial charge in [-0.3, -0.25) is 4.98 Å². The van der Waals surface area contributed by atoms with Gasteiger partial charge in [-0.25, -0.2) is 0 Å². The van der Waals surface area contributed by atoms with E-state index in [1.807, 2.05) is 73.8 Å². The van der Waals surface area contributed by atoms with Gasteiger partial charge >= 0.3 is 0 Å². The minimum absolute atomic E-state index is 0.107. The first-order valence-electron chi connectivity index (χ1n) is 14.1. The Labute approximate surface area is 248 Å². The number of nitrogens with one attached hydrogen (secondary N) is 2. The van der Waals surface area contributed by atoms with Crippen LogP contribution < -0.4 is 27.8 Å². The summed E-state index contributed by atoms with van der Waals surface area (Å²) in [5.41, 5.74) is 29.7. The summed E-state index contributed by atoms with van der Waals surface area (Å²) >= 11 is 0. The van der Waals surface area contributed by atoms with Crippen molar-refractivity contribution in [3.05, 3.63) is 132 Å². The number of rotatable bonds is 9. The van der Waals surface area contributed by atoms with E-state index in [9.17, 15) is 0 Å². The summed E-state index contributed by atoms with van der Waals surface area (Å²) in [5, 5.41) is 6.99. The molecule has 5 rings (SSSR count). The molecule has 42 heavy (non-hydrogen) atoms. The lowest BCUT2D eigenvalue weighted by atomic mass is 9.96. The fourth-order valence-corrected chi connectivity index (χ4v) is 5.07. The van der Waals surface area contributed by atoms with Crippen molar-refractivity contribution in [3.8, 4) is 22.4 Å². The highest BCUT2D eigenvalue weighted by atomic mass is 15.0. The molecule has 0 aliphatic heterocycles. The molecule has 0 amide bonds. The Morgan fingerprint density at radius 1 is 0.690 bits per heavy atom. The Morgan fingerprint density at radius 3 is 2.07 bits per heavy atom. The van der Waals surface area contributed by atoms with E-state index in [4.69, 9.17) is 22.2 Å². The number of nitrogen functional groups attached to an aromatic ring is 3. The Kier molecular flexibility index (Phi) is 8.44. The van der Waals surface area contributed by atoms with Gasteiger partial charge in [0.25, 0.3) is 0 Å². The molecule has 0 fully saturated rings. The van der Waals surface area contributed by atoms with Crippen LogP contribution in [0.4, 0.5) is 22.7 Å². The summed E-state index contributed by atoms with van der Waals surface area (Å²) < 4.78 is 0. The van der Waals surface area contributed by atoms with Gasteiger partial charge in [0.2, 0.25) is 0 Å². The van der Waals surface area contributed by atoms with Crippen LogP contribution in [-0.2, 0) is 0 Å². The van der Waals surface area contributed by atoms with Crippen LogP contribution in [0.15, 0.2) is 115 Å². The van der Waals surface area contributed by atoms with Crippen LogP contribution in [0.1, 0.15) is 42.6 Å². The highest BCUT2D eigenvalue weighted by Gasteiger charge is 2.16. The molecule has 0 saturated carbocycles. The molecule has 1 aromatic heterocycles. The molecule has 2 unspecified atom stereocenters. The molecule has 0 spiro atoms. The average Bonchev–Trinajstić information content (AvgIpc) is 3.00. The predicted octanol–water partition coefficient (Wildman–Crippen LogP) is 7.70. The minimum atomic E-state index is -0.127. The quantitative estimate of drug-likeness (QED) is 0.119. The molecular weight excluding hydrogens is 516 g/mol. The number of nitrogens with zero attached hydrogens (tertiary/aromatic N) is 1. The van der Waals surface area contributed by atoms with Gasteiger partial charge in [0.1, 0.15) is 0 Å². The zero-order valence-electron chi connectivity index (χ0n) is 24.3. The van der Waals surface area contributed by atoms with E-state index in [0.717, 1.165) is 62.0 Å². The van der Waals surface area contributed by atoms with Crippen LogP contribution >= 0.6 is 0 Å². The fourth-order valence-electron chi connectivity index (χ4n) is 5.07. The standard InChI is InChI=1S/C36H38N6/c1-23(25-8-4-12-30(37)17-25)16-35(27-10-6-14-32(39)19-27)41-24(2)34-21-29(26-9-5-13-31(38)18-26)22-36(42-34)28-11-7-15-33(20-28)40-3/h4-24,40-41H,37-39H2,1-3H3/b35-16-. The first kappa shape index (κ1) is 28.3. The molecule has 0 saturated heterocycles. The summed E-state index contributed by atoms with van der Waals surface area (Å²) in [6.07, 6.45) is 2.22. The van der Waals surface area contributed by atoms with Gasteiger partial charge in [0, 0.05) is 47.0 Å². The molecule has 0 radical (unpaired) electrons. The van der Waals surface area contributed by atoms with Crippen molar-refractivity contribution < 1.29 is 0 Å². The molecule has 0 aliphatic rings. The molecule has 0 bridgehead atoms. The van der Waals surface area contributed by atoms with Crippen LogP contribution in [0.25, 0.3) is 28.1 Å². The third kappa shape index (κ3) is 6.73. The maximum atomic E-state index is 6.21. The summed E-state index contributed by atoms with van der Waals surface area (Å²) in [6.45, 7) is 4.30. The van der Waals surface area contributed by atoms with Crippen LogP contribution in [0.3, 0.4) is 0 Å². The molecule has 5 aromatic rings. The van der Waals surface area contributed by atoms with Crippen molar-refractivity contribution in [2.75, 3.05) is 29.6 Å². The summed E-state index contributed by atoms with van der Waals surface area (Å²) in [5.74, 6) is 0.107. The molecular formula is C36H38N6. The SMILES string of the molecule is CNc1cccc(-c2cc(-c3cccc(N)c3)cc(C(C)N/C(=C\C(C)c3cccc(N)c3)c3cccc(N)c3)n2)c1. The number of pyridine rings is 1. The van der Waals surface area contributed by atoms with Crippen molar-refractivity contribution in [1.29, 1.82) is 0 Å². The van der Waals surface area contributed by atoms with E-state index in [-0.39, 0.29) is 12.0 Å². The molecule has 6 heteroatoms. The number of benzene rings is 4. The Hall–Kier alpha value is -5.23. The molecule has 2 atom stereocenters. The van der Waals surface area contributed by atoms with E-state index >= 15 is 0 Å². The normalized spacial score (nSPS) is 12.9. The van der Waals surface area contributed by atoms with Gasteiger partial charge in [-0.1, -0.05) is 61.5 Å². The van der Waals surface area contributed by atoms with Crippen molar-refractivity contribution in [1.82, 2.24) is 10.3 Å². The van der Waals surface area contributed by atoms with Crippen LogP contribution in [0.5, 0.6) is 0 Å². The maximum absolute atomic E-state index is 6.21. The number of aromatic nitrogens is 1. The molecule has 212 valence electrons. The Bertz CT molecular complexity index is 1720. The van der Waals surface area contributed by atoms with Gasteiger partial charge in [-0.15, -0.1) is 0 Å². The molecule has 8 N–H and O–H groups in total. The number of hydrogen-bond acceptors (Lipinski definition) is 6. The molecule has 0 aliphatic carbocycles. The van der Waals surface area contributed by atoms with Crippen molar-refractivity contribution in [3.63, 3.8) is 0 Å². The zero-order valence-corrected chi connectivity index (χ0v) is 24.3. The number of allylic oxidation sites excluding steroid dienone is 1. The lowest BCUT2D eigenvalue weighted by Gasteiger charge is -2.22. The van der Waals surface area contributed by atoms with Crippen LogP contribution in [-0.4, -0.2) is 12.0 Å². The second kappa shape index (κ2) is 12.5. The number of nitrogens with two attached hydrogens (primary N) is 3. The number of hydrogen-bond donors (Lipinski definition) is 5. The lowest BCUT2D eigenvalue weighted by Crippen LogP contribution is -2.19. The van der Waals surface area contributed by atoms with Gasteiger partial charge in [0.15, 0.2) is 0 Å². The largest absolute Gasteiger partial charge is 0.399 e. The average molecular weight is 555 g/mol.